The fourth-order valence-electron chi connectivity index (χ4n) is 2.47. The van der Waals surface area contributed by atoms with E-state index in [9.17, 15) is 4.79 Å². The summed E-state index contributed by atoms with van der Waals surface area (Å²) in [7, 11) is 0. The second-order valence-electron chi connectivity index (χ2n) is 5.58. The molecule has 3 aromatic rings. The number of fused-ring (bicyclic) bond motifs is 1. The summed E-state index contributed by atoms with van der Waals surface area (Å²) in [4.78, 5) is 16.1. The fraction of sp³-hybridized carbons (Fsp3) is 0.111. The highest BCUT2D eigenvalue weighted by atomic mass is 32.1. The molecule has 120 valence electrons. The van der Waals surface area contributed by atoms with Crippen molar-refractivity contribution in [1.82, 2.24) is 4.98 Å². The minimum Gasteiger partial charge on any atom is -0.482 e. The van der Waals surface area contributed by atoms with Crippen molar-refractivity contribution in [1.29, 1.82) is 0 Å². The van der Waals surface area contributed by atoms with Gasteiger partial charge in [-0.25, -0.2) is 4.98 Å². The van der Waals surface area contributed by atoms with Crippen molar-refractivity contribution in [2.24, 2.45) is 0 Å². The Morgan fingerprint density at radius 3 is 2.88 bits per heavy atom. The lowest BCUT2D eigenvalue weighted by Gasteiger charge is -2.18. The van der Waals surface area contributed by atoms with E-state index in [-0.39, 0.29) is 12.5 Å². The van der Waals surface area contributed by atoms with Crippen LogP contribution in [0.2, 0.25) is 0 Å². The summed E-state index contributed by atoms with van der Waals surface area (Å²) < 4.78 is 5.38. The molecule has 5 nitrogen and oxygen atoms in total. The van der Waals surface area contributed by atoms with Gasteiger partial charge in [-0.15, -0.1) is 11.3 Å². The number of carbonyl (C=O) groups excluding carboxylic acids is 1. The summed E-state index contributed by atoms with van der Waals surface area (Å²) >= 11 is 1.54. The Bertz CT molecular complexity index is 903. The Hall–Kier alpha value is -2.86. The monoisotopic (exact) mass is 337 g/mol. The third kappa shape index (κ3) is 2.96. The van der Waals surface area contributed by atoms with Crippen LogP contribution in [-0.4, -0.2) is 17.5 Å². The third-order valence-electron chi connectivity index (χ3n) is 3.72. The van der Waals surface area contributed by atoms with Crippen LogP contribution in [0.3, 0.4) is 0 Å². The van der Waals surface area contributed by atoms with Crippen LogP contribution < -0.4 is 15.4 Å². The minimum atomic E-state index is -0.139. The van der Waals surface area contributed by atoms with Gasteiger partial charge in [-0.2, -0.15) is 0 Å². The Morgan fingerprint density at radius 1 is 1.21 bits per heavy atom. The van der Waals surface area contributed by atoms with E-state index in [2.05, 4.69) is 34.7 Å². The Labute approximate surface area is 143 Å². The second kappa shape index (κ2) is 5.98. The number of aryl methyl sites for hydroxylation is 1. The van der Waals surface area contributed by atoms with E-state index in [1.807, 2.05) is 35.7 Å². The van der Waals surface area contributed by atoms with E-state index in [4.69, 9.17) is 4.74 Å². The number of nitrogens with one attached hydrogen (secondary N) is 2. The summed E-state index contributed by atoms with van der Waals surface area (Å²) in [5, 5.41) is 8.94. The van der Waals surface area contributed by atoms with Crippen molar-refractivity contribution in [2.75, 3.05) is 17.2 Å². The number of aromatic nitrogens is 1. The Morgan fingerprint density at radius 2 is 2.04 bits per heavy atom. The summed E-state index contributed by atoms with van der Waals surface area (Å²) in [6, 6.07) is 13.9. The van der Waals surface area contributed by atoms with Gasteiger partial charge < -0.3 is 15.4 Å². The molecule has 4 rings (SSSR count). The number of rotatable bonds is 3. The lowest BCUT2D eigenvalue weighted by molar-refractivity contribution is -0.118. The van der Waals surface area contributed by atoms with Gasteiger partial charge in [0.1, 0.15) is 5.75 Å². The Balaban J connectivity index is 1.57. The molecule has 6 heteroatoms. The normalized spacial score (nSPS) is 13.0. The molecule has 2 N–H and O–H groups in total. The standard InChI is InChI=1S/C18H15N3O2S/c1-11-2-5-13(6-3-11)19-18-21-15(10-24-18)12-4-7-16-14(8-12)20-17(22)9-23-16/h2-8,10H,9H2,1H3,(H,19,21)(H,20,22). The first kappa shape index (κ1) is 14.7. The molecule has 1 amide bonds. The second-order valence-corrected chi connectivity index (χ2v) is 6.43. The highest BCUT2D eigenvalue weighted by Gasteiger charge is 2.17. The maximum Gasteiger partial charge on any atom is 0.262 e. The number of benzene rings is 2. The van der Waals surface area contributed by atoms with Crippen LogP contribution in [0.1, 0.15) is 5.56 Å². The maximum atomic E-state index is 11.4. The number of thiazole rings is 1. The molecule has 0 radical (unpaired) electrons. The predicted octanol–water partition coefficient (Wildman–Crippen LogP) is 4.19. The van der Waals surface area contributed by atoms with Crippen LogP contribution in [0.5, 0.6) is 5.75 Å². The first-order valence-corrected chi connectivity index (χ1v) is 8.42. The molecule has 0 saturated heterocycles. The smallest absolute Gasteiger partial charge is 0.262 e. The maximum absolute atomic E-state index is 11.4. The molecular formula is C18H15N3O2S. The van der Waals surface area contributed by atoms with Crippen molar-refractivity contribution < 1.29 is 9.53 Å². The fourth-order valence-corrected chi connectivity index (χ4v) is 3.21. The van der Waals surface area contributed by atoms with Gasteiger partial charge in [0.05, 0.1) is 11.4 Å². The highest BCUT2D eigenvalue weighted by Crippen LogP contribution is 2.34. The minimum absolute atomic E-state index is 0.0632. The third-order valence-corrected chi connectivity index (χ3v) is 4.47. The number of amides is 1. The molecule has 1 aromatic heterocycles. The molecule has 0 saturated carbocycles. The van der Waals surface area contributed by atoms with E-state index in [1.54, 1.807) is 11.3 Å². The van der Waals surface area contributed by atoms with Gasteiger partial charge in [0.2, 0.25) is 0 Å². The van der Waals surface area contributed by atoms with Crippen LogP contribution in [0, 0.1) is 6.92 Å². The van der Waals surface area contributed by atoms with Crippen molar-refractivity contribution >= 4 is 33.8 Å². The summed E-state index contributed by atoms with van der Waals surface area (Å²) in [5.41, 5.74) is 4.71. The van der Waals surface area contributed by atoms with Crippen LogP contribution >= 0.6 is 11.3 Å². The van der Waals surface area contributed by atoms with E-state index >= 15 is 0 Å². The molecule has 2 aromatic carbocycles. The van der Waals surface area contributed by atoms with Gasteiger partial charge in [0.25, 0.3) is 5.91 Å². The van der Waals surface area contributed by atoms with Crippen molar-refractivity contribution in [3.8, 4) is 17.0 Å². The number of ether oxygens (including phenoxy) is 1. The van der Waals surface area contributed by atoms with Crippen molar-refractivity contribution in [3.05, 3.63) is 53.4 Å². The van der Waals surface area contributed by atoms with Crippen LogP contribution in [0.15, 0.2) is 47.8 Å². The van der Waals surface area contributed by atoms with E-state index < -0.39 is 0 Å². The predicted molar refractivity (Wildman–Crippen MR) is 96.1 cm³/mol. The zero-order valence-electron chi connectivity index (χ0n) is 13.0. The zero-order valence-corrected chi connectivity index (χ0v) is 13.8. The van der Waals surface area contributed by atoms with E-state index in [0.29, 0.717) is 11.4 Å². The molecule has 24 heavy (non-hydrogen) atoms. The first-order chi connectivity index (χ1) is 11.7. The molecule has 0 fully saturated rings. The topological polar surface area (TPSA) is 63.2 Å². The van der Waals surface area contributed by atoms with Gasteiger partial charge in [-0.05, 0) is 37.3 Å². The zero-order chi connectivity index (χ0) is 16.5. The SMILES string of the molecule is Cc1ccc(Nc2nc(-c3ccc4c(c3)NC(=O)CO4)cs2)cc1. The molecule has 1 aliphatic heterocycles. The molecular weight excluding hydrogens is 322 g/mol. The average Bonchev–Trinajstić information content (AvgIpc) is 3.05. The molecule has 1 aliphatic rings. The number of hydrogen-bond acceptors (Lipinski definition) is 5. The summed E-state index contributed by atoms with van der Waals surface area (Å²) in [6.07, 6.45) is 0. The molecule has 0 aliphatic carbocycles. The van der Waals surface area contributed by atoms with Gasteiger partial charge in [-0.1, -0.05) is 17.7 Å². The largest absolute Gasteiger partial charge is 0.482 e. The summed E-state index contributed by atoms with van der Waals surface area (Å²) in [5.74, 6) is 0.547. The number of hydrogen-bond donors (Lipinski definition) is 2. The van der Waals surface area contributed by atoms with E-state index in [0.717, 1.165) is 22.1 Å². The Kier molecular flexibility index (Phi) is 3.66. The average molecular weight is 337 g/mol. The van der Waals surface area contributed by atoms with Gasteiger partial charge >= 0.3 is 0 Å². The molecule has 0 atom stereocenters. The van der Waals surface area contributed by atoms with Crippen molar-refractivity contribution in [2.45, 2.75) is 6.92 Å². The molecule has 2 heterocycles. The van der Waals surface area contributed by atoms with E-state index in [1.165, 1.54) is 5.56 Å². The van der Waals surface area contributed by atoms with Crippen LogP contribution in [-0.2, 0) is 4.79 Å². The van der Waals surface area contributed by atoms with Gasteiger partial charge in [-0.3, -0.25) is 4.79 Å². The summed E-state index contributed by atoms with van der Waals surface area (Å²) in [6.45, 7) is 2.12. The van der Waals surface area contributed by atoms with Gasteiger partial charge in [0.15, 0.2) is 11.7 Å². The molecule has 0 bridgehead atoms. The van der Waals surface area contributed by atoms with Crippen LogP contribution in [0.4, 0.5) is 16.5 Å². The molecule has 0 unspecified atom stereocenters. The van der Waals surface area contributed by atoms with Crippen molar-refractivity contribution in [3.63, 3.8) is 0 Å². The first-order valence-electron chi connectivity index (χ1n) is 7.54. The lowest BCUT2D eigenvalue weighted by Crippen LogP contribution is -2.25. The molecule has 0 spiro atoms. The highest BCUT2D eigenvalue weighted by molar-refractivity contribution is 7.14. The quantitative estimate of drug-likeness (QED) is 0.752. The lowest BCUT2D eigenvalue weighted by atomic mass is 10.1. The van der Waals surface area contributed by atoms with Gasteiger partial charge in [0, 0.05) is 16.6 Å². The van der Waals surface area contributed by atoms with Crippen LogP contribution in [0.25, 0.3) is 11.3 Å². The number of carbonyl (C=O) groups is 1. The number of anilines is 3. The number of nitrogens with zero attached hydrogens (tertiary/aromatic N) is 1.